The lowest BCUT2D eigenvalue weighted by Gasteiger charge is -2.07. The van der Waals surface area contributed by atoms with Gasteiger partial charge < -0.3 is 5.32 Å². The number of nitrogens with zero attached hydrogens (tertiary/aromatic N) is 2. The third-order valence-electron chi connectivity index (χ3n) is 2.20. The van der Waals surface area contributed by atoms with Crippen molar-refractivity contribution in [3.8, 4) is 10.6 Å². The molecule has 0 atom stereocenters. The van der Waals surface area contributed by atoms with Crippen LogP contribution in [0.1, 0.15) is 19.7 Å². The zero-order chi connectivity index (χ0) is 12.3. The summed E-state index contributed by atoms with van der Waals surface area (Å²) in [4.78, 5) is 9.82. The number of hydrogen-bond donors (Lipinski definition) is 1. The molecule has 17 heavy (non-hydrogen) atoms. The molecule has 0 saturated carbocycles. The molecule has 1 N–H and O–H groups in total. The predicted molar refractivity (Wildman–Crippen MR) is 72.3 cm³/mol. The molecule has 90 valence electrons. The molecule has 0 bridgehead atoms. The molecule has 0 spiro atoms. The Labute approximate surface area is 110 Å². The summed E-state index contributed by atoms with van der Waals surface area (Å²) in [7, 11) is 0. The third kappa shape index (κ3) is 3.49. The first-order valence-corrected chi connectivity index (χ1v) is 6.65. The van der Waals surface area contributed by atoms with E-state index in [4.69, 9.17) is 11.6 Å². The highest BCUT2D eigenvalue weighted by atomic mass is 35.5. The standard InChI is InChI=1S/C12H14ClN3S/c1-8(2)15-7-12-14-6-5-9(16-12)10-3-4-11(13)17-10/h3-6,8,15H,7H2,1-2H3. The van der Waals surface area contributed by atoms with Crippen molar-refractivity contribution in [3.05, 3.63) is 34.6 Å². The lowest BCUT2D eigenvalue weighted by atomic mass is 10.3. The van der Waals surface area contributed by atoms with Gasteiger partial charge in [0.15, 0.2) is 0 Å². The molecular weight excluding hydrogens is 254 g/mol. The Bertz CT molecular complexity index is 496. The minimum Gasteiger partial charge on any atom is -0.308 e. The number of thiophene rings is 1. The molecule has 0 amide bonds. The molecule has 3 nitrogen and oxygen atoms in total. The van der Waals surface area contributed by atoms with Crippen LogP contribution in [0.4, 0.5) is 0 Å². The van der Waals surface area contributed by atoms with E-state index in [0.29, 0.717) is 12.6 Å². The fourth-order valence-electron chi connectivity index (χ4n) is 1.37. The Morgan fingerprint density at radius 3 is 2.82 bits per heavy atom. The van der Waals surface area contributed by atoms with Gasteiger partial charge in [-0.2, -0.15) is 0 Å². The van der Waals surface area contributed by atoms with Crippen LogP contribution in [0.2, 0.25) is 4.34 Å². The monoisotopic (exact) mass is 267 g/mol. The van der Waals surface area contributed by atoms with Gasteiger partial charge in [0.25, 0.3) is 0 Å². The highest BCUT2D eigenvalue weighted by molar-refractivity contribution is 7.19. The zero-order valence-corrected chi connectivity index (χ0v) is 11.3. The molecule has 2 rings (SSSR count). The molecule has 0 fully saturated rings. The Hall–Kier alpha value is -0.970. The molecule has 5 heteroatoms. The normalized spacial score (nSPS) is 11.1. The molecule has 0 aromatic carbocycles. The van der Waals surface area contributed by atoms with Gasteiger partial charge in [-0.1, -0.05) is 25.4 Å². The minimum atomic E-state index is 0.429. The van der Waals surface area contributed by atoms with Crippen molar-refractivity contribution in [2.45, 2.75) is 26.4 Å². The highest BCUT2D eigenvalue weighted by Crippen LogP contribution is 2.29. The van der Waals surface area contributed by atoms with Crippen molar-refractivity contribution in [3.63, 3.8) is 0 Å². The van der Waals surface area contributed by atoms with E-state index in [1.165, 1.54) is 11.3 Å². The topological polar surface area (TPSA) is 37.8 Å². The second kappa shape index (κ2) is 5.58. The van der Waals surface area contributed by atoms with Gasteiger partial charge in [-0.15, -0.1) is 11.3 Å². The largest absolute Gasteiger partial charge is 0.308 e. The number of hydrogen-bond acceptors (Lipinski definition) is 4. The van der Waals surface area contributed by atoms with Crippen molar-refractivity contribution >= 4 is 22.9 Å². The smallest absolute Gasteiger partial charge is 0.142 e. The fraction of sp³-hybridized carbons (Fsp3) is 0.333. The van der Waals surface area contributed by atoms with Crippen LogP contribution in [0.3, 0.4) is 0 Å². The predicted octanol–water partition coefficient (Wildman–Crippen LogP) is 3.36. The molecular formula is C12H14ClN3S. The lowest BCUT2D eigenvalue weighted by molar-refractivity contribution is 0.572. The van der Waals surface area contributed by atoms with Gasteiger partial charge in [-0.05, 0) is 18.2 Å². The van der Waals surface area contributed by atoms with E-state index in [0.717, 1.165) is 20.7 Å². The van der Waals surface area contributed by atoms with Gasteiger partial charge in [-0.25, -0.2) is 9.97 Å². The summed E-state index contributed by atoms with van der Waals surface area (Å²) in [6, 6.07) is 6.20. The van der Waals surface area contributed by atoms with Crippen LogP contribution in [0.5, 0.6) is 0 Å². The van der Waals surface area contributed by atoms with Crippen LogP contribution in [-0.2, 0) is 6.54 Å². The van der Waals surface area contributed by atoms with Crippen LogP contribution in [0.25, 0.3) is 10.6 Å². The second-order valence-corrected chi connectivity index (χ2v) is 5.71. The quantitative estimate of drug-likeness (QED) is 0.923. The molecule has 2 aromatic rings. The molecule has 0 aliphatic carbocycles. The van der Waals surface area contributed by atoms with Gasteiger partial charge in [0.2, 0.25) is 0 Å². The maximum absolute atomic E-state index is 5.92. The summed E-state index contributed by atoms with van der Waals surface area (Å²) in [5.74, 6) is 0.806. The van der Waals surface area contributed by atoms with E-state index in [9.17, 15) is 0 Å². The second-order valence-electron chi connectivity index (χ2n) is 4.00. The van der Waals surface area contributed by atoms with Crippen molar-refractivity contribution in [2.24, 2.45) is 0 Å². The van der Waals surface area contributed by atoms with E-state index >= 15 is 0 Å². The molecule has 0 radical (unpaired) electrons. The van der Waals surface area contributed by atoms with E-state index in [1.54, 1.807) is 6.20 Å². The Kier molecular flexibility index (Phi) is 4.10. The average molecular weight is 268 g/mol. The van der Waals surface area contributed by atoms with Crippen LogP contribution < -0.4 is 5.32 Å². The number of aromatic nitrogens is 2. The highest BCUT2D eigenvalue weighted by Gasteiger charge is 2.05. The Balaban J connectivity index is 2.16. The van der Waals surface area contributed by atoms with Gasteiger partial charge in [-0.3, -0.25) is 0 Å². The van der Waals surface area contributed by atoms with Crippen LogP contribution in [-0.4, -0.2) is 16.0 Å². The summed E-state index contributed by atoms with van der Waals surface area (Å²) < 4.78 is 0.778. The molecule has 0 aliphatic rings. The van der Waals surface area contributed by atoms with Crippen molar-refractivity contribution in [2.75, 3.05) is 0 Å². The SMILES string of the molecule is CC(C)NCc1nccc(-c2ccc(Cl)s2)n1. The minimum absolute atomic E-state index is 0.429. The molecule has 2 aromatic heterocycles. The van der Waals surface area contributed by atoms with Gasteiger partial charge in [0.05, 0.1) is 21.5 Å². The number of halogens is 1. The summed E-state index contributed by atoms with van der Waals surface area (Å²) in [6.07, 6.45) is 1.79. The van der Waals surface area contributed by atoms with Gasteiger partial charge >= 0.3 is 0 Å². The zero-order valence-electron chi connectivity index (χ0n) is 9.77. The lowest BCUT2D eigenvalue weighted by Crippen LogP contribution is -2.23. The summed E-state index contributed by atoms with van der Waals surface area (Å²) in [5.41, 5.74) is 0.928. The number of rotatable bonds is 4. The molecule has 0 unspecified atom stereocenters. The summed E-state index contributed by atoms with van der Waals surface area (Å²) in [6.45, 7) is 4.89. The van der Waals surface area contributed by atoms with Gasteiger partial charge in [0.1, 0.15) is 5.82 Å². The summed E-state index contributed by atoms with van der Waals surface area (Å²) in [5, 5.41) is 3.30. The van der Waals surface area contributed by atoms with Crippen LogP contribution >= 0.6 is 22.9 Å². The van der Waals surface area contributed by atoms with Gasteiger partial charge in [0, 0.05) is 12.2 Å². The molecule has 0 saturated heterocycles. The number of nitrogens with one attached hydrogen (secondary N) is 1. The van der Waals surface area contributed by atoms with E-state index in [-0.39, 0.29) is 0 Å². The first-order chi connectivity index (χ1) is 8.15. The molecule has 0 aliphatic heterocycles. The van der Waals surface area contributed by atoms with E-state index < -0.39 is 0 Å². The van der Waals surface area contributed by atoms with E-state index in [2.05, 4.69) is 29.1 Å². The Morgan fingerprint density at radius 1 is 1.35 bits per heavy atom. The fourth-order valence-corrected chi connectivity index (χ4v) is 2.38. The first kappa shape index (κ1) is 12.5. The van der Waals surface area contributed by atoms with Crippen LogP contribution in [0, 0.1) is 0 Å². The Morgan fingerprint density at radius 2 is 2.18 bits per heavy atom. The first-order valence-electron chi connectivity index (χ1n) is 5.46. The third-order valence-corrected chi connectivity index (χ3v) is 3.45. The van der Waals surface area contributed by atoms with Crippen molar-refractivity contribution in [1.29, 1.82) is 0 Å². The molecule has 2 heterocycles. The van der Waals surface area contributed by atoms with Crippen LogP contribution in [0.15, 0.2) is 24.4 Å². The van der Waals surface area contributed by atoms with E-state index in [1.807, 2.05) is 18.2 Å². The maximum atomic E-state index is 5.92. The average Bonchev–Trinajstić information content (AvgIpc) is 2.74. The summed E-state index contributed by atoms with van der Waals surface area (Å²) >= 11 is 7.44. The maximum Gasteiger partial charge on any atom is 0.142 e. The van der Waals surface area contributed by atoms with Crippen molar-refractivity contribution < 1.29 is 0 Å². The van der Waals surface area contributed by atoms with Crippen molar-refractivity contribution in [1.82, 2.24) is 15.3 Å².